The average molecular weight is 301 g/mol. The normalized spacial score (nSPS) is 13.3. The van der Waals surface area contributed by atoms with Crippen LogP contribution >= 0.6 is 11.3 Å². The van der Waals surface area contributed by atoms with Gasteiger partial charge >= 0.3 is 5.97 Å². The number of carbonyl (C=O) groups is 1. The van der Waals surface area contributed by atoms with Gasteiger partial charge in [-0.2, -0.15) is 0 Å². The lowest BCUT2D eigenvalue weighted by Crippen LogP contribution is -2.25. The standard InChI is InChI=1S/C11H11NO5S2/c1-7(8-3-2-6-17-8)12-19(15,16)10-5-4-9(18-10)11(13)14/h2-7,12H,1H3,(H,13,14)/t7-/m1/s1. The third kappa shape index (κ3) is 3.03. The Morgan fingerprint density at radius 2 is 2.16 bits per heavy atom. The van der Waals surface area contributed by atoms with Gasteiger partial charge in [-0.05, 0) is 31.2 Å². The topological polar surface area (TPSA) is 96.6 Å². The SMILES string of the molecule is C[C@@H](NS(=O)(=O)c1ccc(C(=O)O)s1)c1ccco1. The summed E-state index contributed by atoms with van der Waals surface area (Å²) in [6, 6.07) is 5.32. The average Bonchev–Trinajstić information content (AvgIpc) is 3.00. The van der Waals surface area contributed by atoms with Gasteiger partial charge in [-0.25, -0.2) is 17.9 Å². The molecule has 2 rings (SSSR count). The molecule has 0 unspecified atom stereocenters. The van der Waals surface area contributed by atoms with Crippen molar-refractivity contribution in [1.29, 1.82) is 0 Å². The van der Waals surface area contributed by atoms with Crippen LogP contribution in [0.2, 0.25) is 0 Å². The van der Waals surface area contributed by atoms with Gasteiger partial charge in [0.25, 0.3) is 10.0 Å². The maximum Gasteiger partial charge on any atom is 0.345 e. The first-order valence-electron chi connectivity index (χ1n) is 5.29. The Morgan fingerprint density at radius 1 is 1.42 bits per heavy atom. The van der Waals surface area contributed by atoms with Crippen molar-refractivity contribution in [3.63, 3.8) is 0 Å². The highest BCUT2D eigenvalue weighted by molar-refractivity contribution is 7.91. The molecule has 0 aliphatic heterocycles. The molecule has 0 aliphatic carbocycles. The zero-order valence-corrected chi connectivity index (χ0v) is 11.5. The molecule has 2 aromatic rings. The number of carboxylic acids is 1. The monoisotopic (exact) mass is 301 g/mol. The van der Waals surface area contributed by atoms with Crippen molar-refractivity contribution in [3.8, 4) is 0 Å². The van der Waals surface area contributed by atoms with Gasteiger partial charge in [0.1, 0.15) is 14.8 Å². The second kappa shape index (κ2) is 5.16. The van der Waals surface area contributed by atoms with E-state index >= 15 is 0 Å². The molecule has 0 fully saturated rings. The number of nitrogens with one attached hydrogen (secondary N) is 1. The molecule has 0 aromatic carbocycles. The van der Waals surface area contributed by atoms with Crippen molar-refractivity contribution in [2.45, 2.75) is 17.2 Å². The van der Waals surface area contributed by atoms with Gasteiger partial charge in [-0.1, -0.05) is 0 Å². The molecule has 6 nitrogen and oxygen atoms in total. The predicted molar refractivity (Wildman–Crippen MR) is 68.7 cm³/mol. The van der Waals surface area contributed by atoms with Crippen LogP contribution < -0.4 is 4.72 Å². The highest BCUT2D eigenvalue weighted by Crippen LogP contribution is 2.23. The largest absolute Gasteiger partial charge is 0.477 e. The summed E-state index contributed by atoms with van der Waals surface area (Å²) in [5, 5.41) is 8.78. The molecule has 0 radical (unpaired) electrons. The number of thiophene rings is 1. The molecule has 2 aromatic heterocycles. The highest BCUT2D eigenvalue weighted by Gasteiger charge is 2.22. The first kappa shape index (κ1) is 13.8. The molecule has 0 aliphatic rings. The summed E-state index contributed by atoms with van der Waals surface area (Å²) in [5.41, 5.74) is 0. The van der Waals surface area contributed by atoms with Crippen LogP contribution in [0, 0.1) is 0 Å². The molecule has 8 heteroatoms. The summed E-state index contributed by atoms with van der Waals surface area (Å²) in [5.74, 6) is -0.663. The van der Waals surface area contributed by atoms with Crippen molar-refractivity contribution in [1.82, 2.24) is 4.72 Å². The van der Waals surface area contributed by atoms with Crippen LogP contribution in [0.15, 0.2) is 39.2 Å². The summed E-state index contributed by atoms with van der Waals surface area (Å²) in [6.45, 7) is 1.64. The lowest BCUT2D eigenvalue weighted by Gasteiger charge is -2.10. The van der Waals surface area contributed by atoms with Crippen LogP contribution in [-0.4, -0.2) is 19.5 Å². The number of hydrogen-bond acceptors (Lipinski definition) is 5. The Labute approximate surface area is 113 Å². The Hall–Kier alpha value is -1.64. The summed E-state index contributed by atoms with van der Waals surface area (Å²) in [6.07, 6.45) is 1.45. The van der Waals surface area contributed by atoms with E-state index < -0.39 is 22.0 Å². The van der Waals surface area contributed by atoms with Gasteiger partial charge in [0.05, 0.1) is 12.3 Å². The van der Waals surface area contributed by atoms with Crippen LogP contribution in [0.3, 0.4) is 0 Å². The van der Waals surface area contributed by atoms with Crippen LogP contribution in [0.1, 0.15) is 28.4 Å². The zero-order chi connectivity index (χ0) is 14.0. The van der Waals surface area contributed by atoms with Crippen LogP contribution in [0.5, 0.6) is 0 Å². The van der Waals surface area contributed by atoms with Gasteiger partial charge in [0.15, 0.2) is 0 Å². The van der Waals surface area contributed by atoms with Crippen LogP contribution in [0.4, 0.5) is 0 Å². The fraction of sp³-hybridized carbons (Fsp3) is 0.182. The number of aromatic carboxylic acids is 1. The lowest BCUT2D eigenvalue weighted by molar-refractivity contribution is 0.0702. The van der Waals surface area contributed by atoms with E-state index in [9.17, 15) is 13.2 Å². The second-order valence-corrected chi connectivity index (χ2v) is 6.81. The molecule has 19 heavy (non-hydrogen) atoms. The predicted octanol–water partition coefficient (Wildman–Crippen LogP) is 2.08. The maximum absolute atomic E-state index is 12.0. The maximum atomic E-state index is 12.0. The van der Waals surface area contributed by atoms with E-state index in [0.717, 1.165) is 0 Å². The fourth-order valence-corrected chi connectivity index (χ4v) is 3.84. The number of furan rings is 1. The van der Waals surface area contributed by atoms with E-state index in [4.69, 9.17) is 9.52 Å². The van der Waals surface area contributed by atoms with Crippen molar-refractivity contribution >= 4 is 27.3 Å². The van der Waals surface area contributed by atoms with Gasteiger partial charge < -0.3 is 9.52 Å². The number of sulfonamides is 1. The second-order valence-electron chi connectivity index (χ2n) is 3.78. The van der Waals surface area contributed by atoms with E-state index in [1.165, 1.54) is 18.4 Å². The summed E-state index contributed by atoms with van der Waals surface area (Å²) in [4.78, 5) is 10.7. The van der Waals surface area contributed by atoms with Gasteiger partial charge in [0, 0.05) is 0 Å². The van der Waals surface area contributed by atoms with E-state index in [-0.39, 0.29) is 9.09 Å². The minimum atomic E-state index is -3.75. The number of carboxylic acid groups (broad SMARTS) is 1. The van der Waals surface area contributed by atoms with Crippen molar-refractivity contribution in [3.05, 3.63) is 41.2 Å². The summed E-state index contributed by atoms with van der Waals surface area (Å²) in [7, 11) is -3.75. The molecule has 2 N–H and O–H groups in total. The van der Waals surface area contributed by atoms with Crippen LogP contribution in [-0.2, 0) is 10.0 Å². The summed E-state index contributed by atoms with van der Waals surface area (Å²) < 4.78 is 31.6. The fourth-order valence-electron chi connectivity index (χ4n) is 1.47. The quantitative estimate of drug-likeness (QED) is 0.881. The van der Waals surface area contributed by atoms with Crippen molar-refractivity contribution in [2.24, 2.45) is 0 Å². The van der Waals surface area contributed by atoms with Gasteiger partial charge in [0.2, 0.25) is 0 Å². The minimum Gasteiger partial charge on any atom is -0.477 e. The van der Waals surface area contributed by atoms with Crippen molar-refractivity contribution in [2.75, 3.05) is 0 Å². The molecular weight excluding hydrogens is 290 g/mol. The third-order valence-electron chi connectivity index (χ3n) is 2.36. The molecule has 0 amide bonds. The first-order chi connectivity index (χ1) is 8.90. The minimum absolute atomic E-state index is 0.0222. The summed E-state index contributed by atoms with van der Waals surface area (Å²) >= 11 is 0.707. The Kier molecular flexibility index (Phi) is 3.74. The van der Waals surface area contributed by atoms with Gasteiger partial charge in [-0.15, -0.1) is 11.3 Å². The molecule has 0 spiro atoms. The van der Waals surface area contributed by atoms with Crippen molar-refractivity contribution < 1.29 is 22.7 Å². The Morgan fingerprint density at radius 3 is 2.68 bits per heavy atom. The highest BCUT2D eigenvalue weighted by atomic mass is 32.2. The lowest BCUT2D eigenvalue weighted by atomic mass is 10.3. The first-order valence-corrected chi connectivity index (χ1v) is 7.59. The molecule has 1 atom stereocenters. The molecule has 0 bridgehead atoms. The zero-order valence-electron chi connectivity index (χ0n) is 9.86. The smallest absolute Gasteiger partial charge is 0.345 e. The molecular formula is C11H11NO5S2. The molecule has 0 saturated heterocycles. The van der Waals surface area contributed by atoms with Crippen LogP contribution in [0.25, 0.3) is 0 Å². The molecule has 2 heterocycles. The van der Waals surface area contributed by atoms with Gasteiger partial charge in [-0.3, -0.25) is 0 Å². The third-order valence-corrected chi connectivity index (χ3v) is 5.46. The Balaban J connectivity index is 2.20. The molecule has 0 saturated carbocycles. The van der Waals surface area contributed by atoms with E-state index in [0.29, 0.717) is 17.1 Å². The van der Waals surface area contributed by atoms with E-state index in [1.807, 2.05) is 0 Å². The van der Waals surface area contributed by atoms with E-state index in [2.05, 4.69) is 4.72 Å². The molecule has 102 valence electrons. The number of hydrogen-bond donors (Lipinski definition) is 2. The number of rotatable bonds is 5. The van der Waals surface area contributed by atoms with E-state index in [1.54, 1.807) is 19.1 Å². The Bertz CT molecular complexity index is 672.